The minimum atomic E-state index is -1.03. The quantitative estimate of drug-likeness (QED) is 0.793. The first-order chi connectivity index (χ1) is 8.00. The molecule has 1 aromatic rings. The fraction of sp³-hybridized carbons (Fsp3) is 0.500. The number of rotatable bonds is 6. The third kappa shape index (κ3) is 3.71. The van der Waals surface area contributed by atoms with Crippen molar-refractivity contribution in [2.75, 3.05) is 19.0 Å². The Morgan fingerprint density at radius 1 is 1.59 bits per heavy atom. The smallest absolute Gasteiger partial charge is 0.354 e. The van der Waals surface area contributed by atoms with Crippen LogP contribution in [0.2, 0.25) is 0 Å². The van der Waals surface area contributed by atoms with Crippen LogP contribution in [0.5, 0.6) is 0 Å². The average molecular weight is 238 g/mol. The second kappa shape index (κ2) is 5.63. The number of hydrogen-bond acceptors (Lipinski definition) is 4. The highest BCUT2D eigenvalue weighted by Crippen LogP contribution is 2.15. The van der Waals surface area contributed by atoms with Crippen LogP contribution in [0.1, 0.15) is 30.8 Å². The summed E-state index contributed by atoms with van der Waals surface area (Å²) < 4.78 is 5.38. The molecule has 0 saturated carbocycles. The van der Waals surface area contributed by atoms with Gasteiger partial charge in [-0.3, -0.25) is 0 Å². The summed E-state index contributed by atoms with van der Waals surface area (Å²) in [6.07, 6.45) is 0.856. The zero-order valence-electron chi connectivity index (χ0n) is 10.4. The van der Waals surface area contributed by atoms with Gasteiger partial charge in [-0.1, -0.05) is 13.0 Å². The van der Waals surface area contributed by atoms with Crippen molar-refractivity contribution in [3.05, 3.63) is 23.9 Å². The molecule has 0 spiro atoms. The molecule has 5 nitrogen and oxygen atoms in total. The molecule has 1 rings (SSSR count). The molecule has 17 heavy (non-hydrogen) atoms. The van der Waals surface area contributed by atoms with Gasteiger partial charge in [0.15, 0.2) is 5.69 Å². The monoisotopic (exact) mass is 238 g/mol. The molecule has 0 fully saturated rings. The van der Waals surface area contributed by atoms with Gasteiger partial charge in [-0.15, -0.1) is 0 Å². The number of aromatic nitrogens is 1. The molecule has 1 atom stereocenters. The summed E-state index contributed by atoms with van der Waals surface area (Å²) in [4.78, 5) is 14.7. The van der Waals surface area contributed by atoms with Crippen LogP contribution in [0.25, 0.3) is 0 Å². The second-order valence-electron chi connectivity index (χ2n) is 4.07. The molecule has 5 heteroatoms. The van der Waals surface area contributed by atoms with Gasteiger partial charge in [-0.05, 0) is 25.5 Å². The second-order valence-corrected chi connectivity index (χ2v) is 4.07. The number of carboxylic acids is 1. The van der Waals surface area contributed by atoms with E-state index in [1.54, 1.807) is 19.2 Å². The highest BCUT2D eigenvalue weighted by atomic mass is 16.5. The van der Waals surface area contributed by atoms with Crippen LogP contribution >= 0.6 is 0 Å². The number of carboxylic acid groups (broad SMARTS) is 1. The molecule has 0 bridgehead atoms. The van der Waals surface area contributed by atoms with Crippen LogP contribution < -0.4 is 5.32 Å². The highest BCUT2D eigenvalue weighted by molar-refractivity contribution is 5.85. The molecular formula is C12H18N2O3. The molecule has 1 unspecified atom stereocenters. The van der Waals surface area contributed by atoms with Crippen LogP contribution in [0.3, 0.4) is 0 Å². The molecule has 0 aromatic carbocycles. The first-order valence-corrected chi connectivity index (χ1v) is 5.50. The van der Waals surface area contributed by atoms with Gasteiger partial charge in [0.05, 0.1) is 5.60 Å². The fourth-order valence-corrected chi connectivity index (χ4v) is 1.27. The summed E-state index contributed by atoms with van der Waals surface area (Å²) in [5, 5.41) is 11.9. The SMILES string of the molecule is CCC(C)(CNc1cccc(C(=O)O)n1)OC. The van der Waals surface area contributed by atoms with Crippen LogP contribution in [0, 0.1) is 0 Å². The number of anilines is 1. The predicted molar refractivity (Wildman–Crippen MR) is 65.4 cm³/mol. The van der Waals surface area contributed by atoms with E-state index in [4.69, 9.17) is 9.84 Å². The number of pyridine rings is 1. The number of methoxy groups -OCH3 is 1. The van der Waals surface area contributed by atoms with E-state index in [0.29, 0.717) is 12.4 Å². The van der Waals surface area contributed by atoms with E-state index in [0.717, 1.165) is 6.42 Å². The van der Waals surface area contributed by atoms with Crippen LogP contribution in [-0.2, 0) is 4.74 Å². The third-order valence-corrected chi connectivity index (χ3v) is 2.85. The molecule has 1 heterocycles. The van der Waals surface area contributed by atoms with Crippen molar-refractivity contribution in [3.8, 4) is 0 Å². The van der Waals surface area contributed by atoms with Crippen molar-refractivity contribution in [2.45, 2.75) is 25.9 Å². The normalized spacial score (nSPS) is 14.1. The van der Waals surface area contributed by atoms with Crippen molar-refractivity contribution in [2.24, 2.45) is 0 Å². The van der Waals surface area contributed by atoms with E-state index < -0.39 is 5.97 Å². The first kappa shape index (κ1) is 13.4. The van der Waals surface area contributed by atoms with E-state index in [2.05, 4.69) is 10.3 Å². The summed E-state index contributed by atoms with van der Waals surface area (Å²) in [7, 11) is 1.66. The van der Waals surface area contributed by atoms with Gasteiger partial charge in [-0.25, -0.2) is 9.78 Å². The molecule has 2 N–H and O–H groups in total. The Balaban J connectivity index is 2.69. The summed E-state index contributed by atoms with van der Waals surface area (Å²) in [5.74, 6) is -0.486. The molecule has 0 amide bonds. The van der Waals surface area contributed by atoms with Gasteiger partial charge in [0.25, 0.3) is 0 Å². The van der Waals surface area contributed by atoms with E-state index in [1.165, 1.54) is 6.07 Å². The maximum absolute atomic E-state index is 10.8. The number of ether oxygens (including phenoxy) is 1. The lowest BCUT2D eigenvalue weighted by Gasteiger charge is -2.27. The van der Waals surface area contributed by atoms with Crippen molar-refractivity contribution in [1.29, 1.82) is 0 Å². The Kier molecular flexibility index (Phi) is 4.45. The fourth-order valence-electron chi connectivity index (χ4n) is 1.27. The van der Waals surface area contributed by atoms with Crippen LogP contribution in [0.4, 0.5) is 5.82 Å². The molecular weight excluding hydrogens is 220 g/mol. The van der Waals surface area contributed by atoms with Crippen molar-refractivity contribution >= 4 is 11.8 Å². The Bertz CT molecular complexity index is 389. The topological polar surface area (TPSA) is 71.5 Å². The zero-order chi connectivity index (χ0) is 12.9. The average Bonchev–Trinajstić information content (AvgIpc) is 2.36. The Morgan fingerprint density at radius 2 is 2.29 bits per heavy atom. The minimum Gasteiger partial charge on any atom is -0.477 e. The Hall–Kier alpha value is -1.62. The van der Waals surface area contributed by atoms with E-state index in [9.17, 15) is 4.79 Å². The van der Waals surface area contributed by atoms with E-state index >= 15 is 0 Å². The number of aromatic carboxylic acids is 1. The minimum absolute atomic E-state index is 0.0330. The molecule has 0 aliphatic heterocycles. The third-order valence-electron chi connectivity index (χ3n) is 2.85. The molecule has 0 saturated heterocycles. The first-order valence-electron chi connectivity index (χ1n) is 5.50. The largest absolute Gasteiger partial charge is 0.477 e. The van der Waals surface area contributed by atoms with Crippen molar-refractivity contribution in [1.82, 2.24) is 4.98 Å². The van der Waals surface area contributed by atoms with Gasteiger partial charge >= 0.3 is 5.97 Å². The van der Waals surface area contributed by atoms with E-state index in [1.807, 2.05) is 13.8 Å². The van der Waals surface area contributed by atoms with Gasteiger partial charge in [0.1, 0.15) is 5.82 Å². The highest BCUT2D eigenvalue weighted by Gasteiger charge is 2.20. The standard InChI is InChI=1S/C12H18N2O3/c1-4-12(2,17-3)8-13-10-7-5-6-9(14-10)11(15)16/h5-7H,4,8H2,1-3H3,(H,13,14)(H,15,16). The maximum atomic E-state index is 10.8. The lowest BCUT2D eigenvalue weighted by molar-refractivity contribution is 0.0144. The number of carbonyl (C=O) groups is 1. The molecule has 94 valence electrons. The lowest BCUT2D eigenvalue weighted by Crippen LogP contribution is -2.35. The summed E-state index contributed by atoms with van der Waals surface area (Å²) in [5.41, 5.74) is -0.244. The number of nitrogens with zero attached hydrogens (tertiary/aromatic N) is 1. The maximum Gasteiger partial charge on any atom is 0.354 e. The summed E-state index contributed by atoms with van der Waals surface area (Å²) in [6.45, 7) is 4.60. The zero-order valence-corrected chi connectivity index (χ0v) is 10.4. The van der Waals surface area contributed by atoms with Gasteiger partial charge in [-0.2, -0.15) is 0 Å². The lowest BCUT2D eigenvalue weighted by atomic mass is 10.0. The summed E-state index contributed by atoms with van der Waals surface area (Å²) >= 11 is 0. The van der Waals surface area contributed by atoms with E-state index in [-0.39, 0.29) is 11.3 Å². The molecule has 0 aliphatic carbocycles. The molecule has 1 aromatic heterocycles. The van der Waals surface area contributed by atoms with Crippen molar-refractivity contribution < 1.29 is 14.6 Å². The Morgan fingerprint density at radius 3 is 2.82 bits per heavy atom. The molecule has 0 aliphatic rings. The number of hydrogen-bond donors (Lipinski definition) is 2. The van der Waals surface area contributed by atoms with Gasteiger partial charge in [0, 0.05) is 13.7 Å². The Labute approximate surface area is 101 Å². The number of nitrogens with one attached hydrogen (secondary N) is 1. The summed E-state index contributed by atoms with van der Waals surface area (Å²) in [6, 6.07) is 4.86. The van der Waals surface area contributed by atoms with Crippen molar-refractivity contribution in [3.63, 3.8) is 0 Å². The molecule has 0 radical (unpaired) electrons. The van der Waals surface area contributed by atoms with Gasteiger partial charge in [0.2, 0.25) is 0 Å². The van der Waals surface area contributed by atoms with Gasteiger partial charge < -0.3 is 15.2 Å². The predicted octanol–water partition coefficient (Wildman–Crippen LogP) is 2.01. The van der Waals surface area contributed by atoms with Crippen LogP contribution in [-0.4, -0.2) is 35.3 Å². The van der Waals surface area contributed by atoms with Crippen LogP contribution in [0.15, 0.2) is 18.2 Å².